The molecule has 1 unspecified atom stereocenters. The number of nitrogens with one attached hydrogen (secondary N) is 2. The van der Waals surface area contributed by atoms with E-state index in [1.807, 2.05) is 0 Å². The number of carbonyl (C=O) groups is 1. The highest BCUT2D eigenvalue weighted by Gasteiger charge is 2.29. The Morgan fingerprint density at radius 1 is 1.47 bits per heavy atom. The standard InChI is InChI=1S/C9H15N7O/c1-16-3-2-5(8(16)17)12-6-4-7(15-11)14-9(10)13-6/h4-5H,2-3,11H2,1H3,(H4,10,12,13,14,15). The Morgan fingerprint density at radius 2 is 2.18 bits per heavy atom. The molecule has 2 heterocycles. The van der Waals surface area contributed by atoms with E-state index in [4.69, 9.17) is 11.6 Å². The van der Waals surface area contributed by atoms with Crippen molar-refractivity contribution in [3.8, 4) is 0 Å². The lowest BCUT2D eigenvalue weighted by Crippen LogP contribution is -2.31. The predicted octanol–water partition coefficient (Wildman–Crippen LogP) is -1.01. The number of likely N-dealkylation sites (N-methyl/N-ethyl adjacent to an activating group) is 1. The Bertz CT molecular complexity index is 435. The third kappa shape index (κ3) is 2.36. The molecule has 92 valence electrons. The predicted molar refractivity (Wildman–Crippen MR) is 63.9 cm³/mol. The van der Waals surface area contributed by atoms with Crippen LogP contribution >= 0.6 is 0 Å². The SMILES string of the molecule is CN1CCC(Nc2cc(NN)nc(N)n2)C1=O. The molecular weight excluding hydrogens is 222 g/mol. The molecular formula is C9H15N7O. The zero-order valence-electron chi connectivity index (χ0n) is 9.47. The van der Waals surface area contributed by atoms with Gasteiger partial charge in [0.25, 0.3) is 0 Å². The summed E-state index contributed by atoms with van der Waals surface area (Å²) in [6.45, 7) is 0.735. The van der Waals surface area contributed by atoms with E-state index in [2.05, 4.69) is 20.7 Å². The summed E-state index contributed by atoms with van der Waals surface area (Å²) >= 11 is 0. The van der Waals surface area contributed by atoms with Gasteiger partial charge in [-0.2, -0.15) is 9.97 Å². The molecule has 0 radical (unpaired) electrons. The van der Waals surface area contributed by atoms with Gasteiger partial charge in [-0.3, -0.25) is 4.79 Å². The second-order valence-corrected chi connectivity index (χ2v) is 3.89. The van der Waals surface area contributed by atoms with Crippen molar-refractivity contribution in [2.45, 2.75) is 12.5 Å². The first-order valence-corrected chi connectivity index (χ1v) is 5.23. The summed E-state index contributed by atoms with van der Waals surface area (Å²) in [6, 6.07) is 1.34. The minimum Gasteiger partial charge on any atom is -0.368 e. The van der Waals surface area contributed by atoms with Gasteiger partial charge in [0.1, 0.15) is 17.7 Å². The molecule has 1 fully saturated rings. The van der Waals surface area contributed by atoms with Gasteiger partial charge < -0.3 is 21.4 Å². The molecule has 0 saturated carbocycles. The first-order chi connectivity index (χ1) is 8.10. The van der Waals surface area contributed by atoms with Crippen molar-refractivity contribution < 1.29 is 4.79 Å². The number of nitrogen functional groups attached to an aromatic ring is 2. The molecule has 1 atom stereocenters. The smallest absolute Gasteiger partial charge is 0.244 e. The Kier molecular flexibility index (Phi) is 2.96. The molecule has 1 aromatic heterocycles. The van der Waals surface area contributed by atoms with Crippen molar-refractivity contribution in [1.82, 2.24) is 14.9 Å². The molecule has 1 aromatic rings. The summed E-state index contributed by atoms with van der Waals surface area (Å²) in [7, 11) is 1.77. The maximum absolute atomic E-state index is 11.7. The molecule has 8 heteroatoms. The maximum atomic E-state index is 11.7. The molecule has 6 N–H and O–H groups in total. The average Bonchev–Trinajstić information content (AvgIpc) is 2.60. The van der Waals surface area contributed by atoms with Gasteiger partial charge in [-0.25, -0.2) is 5.84 Å². The van der Waals surface area contributed by atoms with Gasteiger partial charge in [0.05, 0.1) is 0 Å². The lowest BCUT2D eigenvalue weighted by atomic mass is 10.2. The second-order valence-electron chi connectivity index (χ2n) is 3.89. The van der Waals surface area contributed by atoms with Crippen LogP contribution in [0, 0.1) is 0 Å². The average molecular weight is 237 g/mol. The van der Waals surface area contributed by atoms with Crippen LogP contribution in [0.3, 0.4) is 0 Å². The van der Waals surface area contributed by atoms with Gasteiger partial charge in [0, 0.05) is 19.7 Å². The fourth-order valence-corrected chi connectivity index (χ4v) is 1.75. The first-order valence-electron chi connectivity index (χ1n) is 5.23. The zero-order valence-corrected chi connectivity index (χ0v) is 9.47. The van der Waals surface area contributed by atoms with E-state index >= 15 is 0 Å². The largest absolute Gasteiger partial charge is 0.368 e. The number of anilines is 3. The number of aromatic nitrogens is 2. The van der Waals surface area contributed by atoms with E-state index in [1.165, 1.54) is 0 Å². The summed E-state index contributed by atoms with van der Waals surface area (Å²) in [5.41, 5.74) is 7.90. The molecule has 1 saturated heterocycles. The molecule has 1 amide bonds. The van der Waals surface area contributed by atoms with Crippen molar-refractivity contribution in [1.29, 1.82) is 0 Å². The number of hydrogen-bond donors (Lipinski definition) is 4. The quantitative estimate of drug-likeness (QED) is 0.392. The van der Waals surface area contributed by atoms with Gasteiger partial charge in [0.15, 0.2) is 0 Å². The molecule has 1 aliphatic heterocycles. The number of hydrazine groups is 1. The highest BCUT2D eigenvalue weighted by molar-refractivity contribution is 5.86. The van der Waals surface area contributed by atoms with Crippen molar-refractivity contribution >= 4 is 23.5 Å². The van der Waals surface area contributed by atoms with Crippen LogP contribution in [0.4, 0.5) is 17.6 Å². The normalized spacial score (nSPS) is 19.5. The van der Waals surface area contributed by atoms with Crippen LogP contribution in [0.5, 0.6) is 0 Å². The van der Waals surface area contributed by atoms with E-state index in [-0.39, 0.29) is 17.9 Å². The van der Waals surface area contributed by atoms with Crippen LogP contribution in [0.2, 0.25) is 0 Å². The van der Waals surface area contributed by atoms with Crippen molar-refractivity contribution in [2.75, 3.05) is 30.1 Å². The Balaban J connectivity index is 2.13. The monoisotopic (exact) mass is 237 g/mol. The number of amides is 1. The highest BCUT2D eigenvalue weighted by atomic mass is 16.2. The van der Waals surface area contributed by atoms with Gasteiger partial charge in [-0.15, -0.1) is 0 Å². The first kappa shape index (κ1) is 11.4. The topological polar surface area (TPSA) is 122 Å². The van der Waals surface area contributed by atoms with Gasteiger partial charge in [-0.05, 0) is 6.42 Å². The van der Waals surface area contributed by atoms with Crippen LogP contribution in [0.15, 0.2) is 6.07 Å². The lowest BCUT2D eigenvalue weighted by molar-refractivity contribution is -0.127. The van der Waals surface area contributed by atoms with Crippen molar-refractivity contribution in [3.63, 3.8) is 0 Å². The zero-order chi connectivity index (χ0) is 12.4. The van der Waals surface area contributed by atoms with E-state index in [0.717, 1.165) is 13.0 Å². The van der Waals surface area contributed by atoms with E-state index in [0.29, 0.717) is 11.6 Å². The Hall–Kier alpha value is -2.09. The summed E-state index contributed by atoms with van der Waals surface area (Å²) in [5, 5.41) is 3.02. The maximum Gasteiger partial charge on any atom is 0.244 e. The molecule has 17 heavy (non-hydrogen) atoms. The fourth-order valence-electron chi connectivity index (χ4n) is 1.75. The molecule has 0 bridgehead atoms. The van der Waals surface area contributed by atoms with Gasteiger partial charge in [0.2, 0.25) is 11.9 Å². The molecule has 2 rings (SSSR count). The van der Waals surface area contributed by atoms with Crippen molar-refractivity contribution in [2.24, 2.45) is 5.84 Å². The van der Waals surface area contributed by atoms with Crippen molar-refractivity contribution in [3.05, 3.63) is 6.07 Å². The second kappa shape index (κ2) is 4.42. The van der Waals surface area contributed by atoms with Crippen LogP contribution in [0.25, 0.3) is 0 Å². The number of likely N-dealkylation sites (tertiary alicyclic amines) is 1. The third-order valence-corrected chi connectivity index (χ3v) is 2.64. The molecule has 8 nitrogen and oxygen atoms in total. The Labute approximate surface area is 98.4 Å². The van der Waals surface area contributed by atoms with E-state index in [9.17, 15) is 4.79 Å². The number of nitrogens with zero attached hydrogens (tertiary/aromatic N) is 3. The molecule has 0 spiro atoms. The van der Waals surface area contributed by atoms with Crippen LogP contribution in [-0.2, 0) is 4.79 Å². The number of carbonyl (C=O) groups excluding carboxylic acids is 1. The molecule has 0 aliphatic carbocycles. The highest BCUT2D eigenvalue weighted by Crippen LogP contribution is 2.17. The summed E-state index contributed by atoms with van der Waals surface area (Å²) < 4.78 is 0. The van der Waals surface area contributed by atoms with Crippen LogP contribution in [0.1, 0.15) is 6.42 Å². The number of rotatable bonds is 3. The minimum atomic E-state index is -0.264. The van der Waals surface area contributed by atoms with E-state index in [1.54, 1.807) is 18.0 Å². The minimum absolute atomic E-state index is 0.0458. The summed E-state index contributed by atoms with van der Waals surface area (Å²) in [5.74, 6) is 6.28. The molecule has 1 aliphatic rings. The molecule has 0 aromatic carbocycles. The summed E-state index contributed by atoms with van der Waals surface area (Å²) in [6.07, 6.45) is 0.741. The van der Waals surface area contributed by atoms with Crippen LogP contribution in [-0.4, -0.2) is 40.4 Å². The number of nitrogens with two attached hydrogens (primary N) is 2. The number of hydrogen-bond acceptors (Lipinski definition) is 7. The van der Waals surface area contributed by atoms with Gasteiger partial charge >= 0.3 is 0 Å². The van der Waals surface area contributed by atoms with E-state index < -0.39 is 0 Å². The fraction of sp³-hybridized carbons (Fsp3) is 0.444. The van der Waals surface area contributed by atoms with Crippen LogP contribution < -0.4 is 22.3 Å². The summed E-state index contributed by atoms with van der Waals surface area (Å²) in [4.78, 5) is 21.2. The Morgan fingerprint density at radius 3 is 2.76 bits per heavy atom. The van der Waals surface area contributed by atoms with Gasteiger partial charge in [-0.1, -0.05) is 0 Å². The third-order valence-electron chi connectivity index (χ3n) is 2.64. The lowest BCUT2D eigenvalue weighted by Gasteiger charge is -2.13.